The summed E-state index contributed by atoms with van der Waals surface area (Å²) in [6, 6.07) is 20.8. The molecule has 0 aliphatic carbocycles. The zero-order chi connectivity index (χ0) is 21.2. The van der Waals surface area contributed by atoms with Crippen molar-refractivity contribution >= 4 is 16.8 Å². The molecule has 1 fully saturated rings. The van der Waals surface area contributed by atoms with Crippen LogP contribution < -0.4 is 0 Å². The van der Waals surface area contributed by atoms with E-state index in [2.05, 4.69) is 46.6 Å². The fraction of sp³-hybridized carbons (Fsp3) is 0.269. The summed E-state index contributed by atoms with van der Waals surface area (Å²) in [5.74, 6) is 0.262. The molecule has 31 heavy (non-hydrogen) atoms. The quantitative estimate of drug-likeness (QED) is 0.522. The van der Waals surface area contributed by atoms with E-state index in [1.807, 2.05) is 42.3 Å². The summed E-state index contributed by atoms with van der Waals surface area (Å²) in [4.78, 5) is 19.9. The highest BCUT2D eigenvalue weighted by Gasteiger charge is 2.28. The van der Waals surface area contributed by atoms with E-state index >= 15 is 0 Å². The van der Waals surface area contributed by atoms with E-state index in [9.17, 15) is 4.79 Å². The van der Waals surface area contributed by atoms with E-state index in [0.717, 1.165) is 48.0 Å². The zero-order valence-electron chi connectivity index (χ0n) is 17.7. The van der Waals surface area contributed by atoms with E-state index in [1.54, 1.807) is 0 Å². The van der Waals surface area contributed by atoms with Crippen LogP contribution in [0.25, 0.3) is 10.9 Å². The molecule has 2 aromatic heterocycles. The summed E-state index contributed by atoms with van der Waals surface area (Å²) >= 11 is 0. The van der Waals surface area contributed by atoms with Crippen LogP contribution in [0, 0.1) is 6.92 Å². The highest BCUT2D eigenvalue weighted by molar-refractivity contribution is 6.04. The van der Waals surface area contributed by atoms with E-state index in [4.69, 9.17) is 4.98 Å². The van der Waals surface area contributed by atoms with E-state index in [0.29, 0.717) is 12.2 Å². The lowest BCUT2D eigenvalue weighted by atomic mass is 9.93. The topological polar surface area (TPSA) is 61.9 Å². The van der Waals surface area contributed by atoms with Gasteiger partial charge in [-0.1, -0.05) is 48.0 Å². The molecule has 1 saturated heterocycles. The highest BCUT2D eigenvalue weighted by atomic mass is 16.2. The second-order valence-electron chi connectivity index (χ2n) is 8.47. The predicted molar refractivity (Wildman–Crippen MR) is 122 cm³/mol. The van der Waals surface area contributed by atoms with Gasteiger partial charge in [0.15, 0.2) is 5.69 Å². The van der Waals surface area contributed by atoms with Crippen molar-refractivity contribution in [3.8, 4) is 0 Å². The smallest absolute Gasteiger partial charge is 0.275 e. The van der Waals surface area contributed by atoms with Gasteiger partial charge in [0.05, 0.1) is 5.52 Å². The number of H-pyrrole nitrogens is 1. The predicted octanol–water partition coefficient (Wildman–Crippen LogP) is 4.88. The van der Waals surface area contributed by atoms with Gasteiger partial charge in [-0.05, 0) is 55.5 Å². The molecule has 1 aliphatic heterocycles. The first-order chi connectivity index (χ1) is 15.2. The molecule has 0 spiro atoms. The molecule has 0 radical (unpaired) electrons. The molecule has 1 unspecified atom stereocenters. The first-order valence-corrected chi connectivity index (χ1v) is 10.9. The number of benzene rings is 2. The molecule has 5 heteroatoms. The maximum atomic E-state index is 13.2. The van der Waals surface area contributed by atoms with Gasteiger partial charge in [-0.15, -0.1) is 0 Å². The monoisotopic (exact) mass is 410 g/mol. The standard InChI is InChI=1S/C26H26N4O/c1-18-9-11-24-22(14-18)25(29-28-24)26(31)30-13-5-8-21(17-30)23-12-10-20(16-27-23)15-19-6-3-2-4-7-19/h2-4,6-7,9-12,14,16,21H,5,8,13,15,17H2,1H3,(H,28,29). The number of pyridine rings is 1. The number of carbonyl (C=O) groups excluding carboxylic acids is 1. The molecule has 5 rings (SSSR count). The molecule has 5 nitrogen and oxygen atoms in total. The van der Waals surface area contributed by atoms with Crippen molar-refractivity contribution in [2.75, 3.05) is 13.1 Å². The number of nitrogens with zero attached hydrogens (tertiary/aromatic N) is 3. The number of hydrogen-bond acceptors (Lipinski definition) is 3. The molecule has 1 amide bonds. The Morgan fingerprint density at radius 1 is 1.10 bits per heavy atom. The molecule has 1 aliphatic rings. The van der Waals surface area contributed by atoms with Crippen LogP contribution in [0.4, 0.5) is 0 Å². The molecule has 156 valence electrons. The van der Waals surface area contributed by atoms with Gasteiger partial charge in [0.25, 0.3) is 5.91 Å². The van der Waals surface area contributed by atoms with Crippen LogP contribution in [0.15, 0.2) is 66.9 Å². The average molecular weight is 411 g/mol. The second kappa shape index (κ2) is 8.34. The lowest BCUT2D eigenvalue weighted by Gasteiger charge is -2.32. The molecule has 4 aromatic rings. The van der Waals surface area contributed by atoms with Gasteiger partial charge in [-0.3, -0.25) is 14.9 Å². The van der Waals surface area contributed by atoms with Gasteiger partial charge in [-0.25, -0.2) is 0 Å². The molecule has 1 atom stereocenters. The van der Waals surface area contributed by atoms with Crippen LogP contribution >= 0.6 is 0 Å². The van der Waals surface area contributed by atoms with E-state index in [1.165, 1.54) is 11.1 Å². The molecule has 2 aromatic carbocycles. The summed E-state index contributed by atoms with van der Waals surface area (Å²) in [5, 5.41) is 8.22. The van der Waals surface area contributed by atoms with Crippen molar-refractivity contribution in [3.63, 3.8) is 0 Å². The normalized spacial score (nSPS) is 16.5. The molecule has 1 N–H and O–H groups in total. The Morgan fingerprint density at radius 3 is 2.77 bits per heavy atom. The second-order valence-corrected chi connectivity index (χ2v) is 8.47. The Kier molecular flexibility index (Phi) is 5.24. The SMILES string of the molecule is Cc1ccc2[nH]nc(C(=O)N3CCCC(c4ccc(Cc5ccccc5)cn4)C3)c2c1. The van der Waals surface area contributed by atoms with Gasteiger partial charge in [0.2, 0.25) is 0 Å². The van der Waals surface area contributed by atoms with Gasteiger partial charge < -0.3 is 4.90 Å². The van der Waals surface area contributed by atoms with Gasteiger partial charge in [0, 0.05) is 36.3 Å². The van der Waals surface area contributed by atoms with Crippen LogP contribution in [0.1, 0.15) is 51.6 Å². The lowest BCUT2D eigenvalue weighted by Crippen LogP contribution is -2.39. The summed E-state index contributed by atoms with van der Waals surface area (Å²) in [7, 11) is 0. The fourth-order valence-corrected chi connectivity index (χ4v) is 4.46. The minimum absolute atomic E-state index is 0.00208. The first kappa shape index (κ1) is 19.5. The molecular weight excluding hydrogens is 384 g/mol. The zero-order valence-corrected chi connectivity index (χ0v) is 17.7. The summed E-state index contributed by atoms with van der Waals surface area (Å²) in [5.41, 5.74) is 6.10. The third-order valence-electron chi connectivity index (χ3n) is 6.15. The third-order valence-corrected chi connectivity index (χ3v) is 6.15. The van der Waals surface area contributed by atoms with Gasteiger partial charge >= 0.3 is 0 Å². The van der Waals surface area contributed by atoms with Crippen molar-refractivity contribution in [3.05, 3.63) is 94.9 Å². The van der Waals surface area contributed by atoms with Crippen molar-refractivity contribution < 1.29 is 4.79 Å². The Bertz CT molecular complexity index is 1200. The number of likely N-dealkylation sites (tertiary alicyclic amines) is 1. The number of amides is 1. The Labute approximate surface area is 182 Å². The minimum atomic E-state index is 0.00208. The largest absolute Gasteiger partial charge is 0.337 e. The number of rotatable bonds is 4. The highest BCUT2D eigenvalue weighted by Crippen LogP contribution is 2.28. The van der Waals surface area contributed by atoms with Crippen LogP contribution in [0.5, 0.6) is 0 Å². The van der Waals surface area contributed by atoms with Crippen LogP contribution in [-0.4, -0.2) is 39.1 Å². The molecule has 0 bridgehead atoms. The number of carbonyl (C=O) groups is 1. The molecular formula is C26H26N4O. The third kappa shape index (κ3) is 4.08. The van der Waals surface area contributed by atoms with Crippen molar-refractivity contribution in [1.29, 1.82) is 0 Å². The van der Waals surface area contributed by atoms with Crippen LogP contribution in [0.3, 0.4) is 0 Å². The number of piperidine rings is 1. The number of nitrogens with one attached hydrogen (secondary N) is 1. The average Bonchev–Trinajstić information content (AvgIpc) is 3.23. The van der Waals surface area contributed by atoms with Crippen molar-refractivity contribution in [2.45, 2.75) is 32.1 Å². The maximum Gasteiger partial charge on any atom is 0.275 e. The summed E-state index contributed by atoms with van der Waals surface area (Å²) < 4.78 is 0. The fourth-order valence-electron chi connectivity index (χ4n) is 4.46. The number of aromatic amines is 1. The number of aromatic nitrogens is 3. The van der Waals surface area contributed by atoms with E-state index in [-0.39, 0.29) is 11.8 Å². The maximum absolute atomic E-state index is 13.2. The van der Waals surface area contributed by atoms with Crippen LogP contribution in [0.2, 0.25) is 0 Å². The number of aryl methyl sites for hydroxylation is 1. The van der Waals surface area contributed by atoms with Crippen molar-refractivity contribution in [2.24, 2.45) is 0 Å². The molecule has 0 saturated carbocycles. The first-order valence-electron chi connectivity index (χ1n) is 10.9. The van der Waals surface area contributed by atoms with Gasteiger partial charge in [-0.2, -0.15) is 5.10 Å². The number of hydrogen-bond donors (Lipinski definition) is 1. The van der Waals surface area contributed by atoms with Crippen molar-refractivity contribution in [1.82, 2.24) is 20.1 Å². The Morgan fingerprint density at radius 2 is 1.97 bits per heavy atom. The molecule has 3 heterocycles. The Hall–Kier alpha value is -3.47. The van der Waals surface area contributed by atoms with Gasteiger partial charge in [0.1, 0.15) is 0 Å². The lowest BCUT2D eigenvalue weighted by molar-refractivity contribution is 0.0702. The minimum Gasteiger partial charge on any atom is -0.337 e. The summed E-state index contributed by atoms with van der Waals surface area (Å²) in [6.07, 6.45) is 4.89. The Balaban J connectivity index is 1.30. The van der Waals surface area contributed by atoms with Crippen LogP contribution in [-0.2, 0) is 6.42 Å². The van der Waals surface area contributed by atoms with E-state index < -0.39 is 0 Å². The summed E-state index contributed by atoms with van der Waals surface area (Å²) in [6.45, 7) is 3.48. The number of fused-ring (bicyclic) bond motifs is 1.